The van der Waals surface area contributed by atoms with Gasteiger partial charge in [0.05, 0.1) is 6.61 Å². The van der Waals surface area contributed by atoms with Gasteiger partial charge in [-0.15, -0.1) is 0 Å². The Morgan fingerprint density at radius 1 is 1.13 bits per heavy atom. The fraction of sp³-hybridized carbons (Fsp3) is 0.400. The zero-order valence-corrected chi connectivity index (χ0v) is 14.1. The number of esters is 1. The van der Waals surface area contributed by atoms with E-state index >= 15 is 0 Å². The zero-order chi connectivity index (χ0) is 17.1. The number of ketones is 1. The predicted octanol–water partition coefficient (Wildman–Crippen LogP) is 4.73. The molecule has 3 heteroatoms. The molecule has 0 unspecified atom stereocenters. The monoisotopic (exact) mass is 314 g/mol. The molecule has 0 atom stereocenters. The highest BCUT2D eigenvalue weighted by molar-refractivity contribution is 5.99. The molecule has 124 valence electrons. The fourth-order valence-corrected chi connectivity index (χ4v) is 2.24. The van der Waals surface area contributed by atoms with Gasteiger partial charge in [0, 0.05) is 18.4 Å². The second-order valence-corrected chi connectivity index (χ2v) is 5.46. The van der Waals surface area contributed by atoms with Gasteiger partial charge in [-0.3, -0.25) is 4.79 Å². The summed E-state index contributed by atoms with van der Waals surface area (Å²) < 4.78 is 4.97. The van der Waals surface area contributed by atoms with Gasteiger partial charge in [0.15, 0.2) is 5.78 Å². The van der Waals surface area contributed by atoms with Gasteiger partial charge >= 0.3 is 5.97 Å². The third-order valence-electron chi connectivity index (χ3n) is 3.47. The Hall–Kier alpha value is -2.16. The van der Waals surface area contributed by atoms with Crippen LogP contribution in [-0.2, 0) is 14.3 Å². The third kappa shape index (κ3) is 7.09. The van der Waals surface area contributed by atoms with Crippen molar-refractivity contribution < 1.29 is 14.3 Å². The number of rotatable bonds is 10. The highest BCUT2D eigenvalue weighted by Gasteiger charge is 2.13. The van der Waals surface area contributed by atoms with Gasteiger partial charge in [0.2, 0.25) is 0 Å². The highest BCUT2D eigenvalue weighted by atomic mass is 16.5. The van der Waals surface area contributed by atoms with Crippen LogP contribution in [0.25, 0.3) is 5.57 Å². The Labute approximate surface area is 139 Å². The van der Waals surface area contributed by atoms with Crippen molar-refractivity contribution in [3.05, 3.63) is 54.1 Å². The average Bonchev–Trinajstić information content (AvgIpc) is 2.55. The second-order valence-electron chi connectivity index (χ2n) is 5.46. The maximum absolute atomic E-state index is 12.2. The van der Waals surface area contributed by atoms with Gasteiger partial charge in [0.1, 0.15) is 0 Å². The molecule has 1 aromatic carbocycles. The van der Waals surface area contributed by atoms with Gasteiger partial charge in [-0.2, -0.15) is 0 Å². The minimum atomic E-state index is -0.409. The molecule has 0 amide bonds. The molecular formula is C20H26O3. The quantitative estimate of drug-likeness (QED) is 0.356. The second kappa shape index (κ2) is 10.5. The van der Waals surface area contributed by atoms with Crippen molar-refractivity contribution in [1.82, 2.24) is 0 Å². The molecule has 0 bridgehead atoms. The molecule has 0 radical (unpaired) electrons. The van der Waals surface area contributed by atoms with Crippen LogP contribution in [0.5, 0.6) is 0 Å². The van der Waals surface area contributed by atoms with Crippen molar-refractivity contribution >= 4 is 17.3 Å². The average molecular weight is 314 g/mol. The van der Waals surface area contributed by atoms with Crippen LogP contribution in [0.1, 0.15) is 51.5 Å². The normalized spacial score (nSPS) is 11.1. The lowest BCUT2D eigenvalue weighted by Gasteiger charge is -2.10. The van der Waals surface area contributed by atoms with Crippen LogP contribution in [0.2, 0.25) is 0 Å². The van der Waals surface area contributed by atoms with Crippen LogP contribution in [-0.4, -0.2) is 18.4 Å². The topological polar surface area (TPSA) is 43.4 Å². The van der Waals surface area contributed by atoms with Crippen LogP contribution in [0.4, 0.5) is 0 Å². The molecule has 0 aliphatic carbocycles. The number of carbonyl (C=O) groups is 2. The van der Waals surface area contributed by atoms with E-state index < -0.39 is 5.97 Å². The van der Waals surface area contributed by atoms with Crippen molar-refractivity contribution in [2.75, 3.05) is 6.61 Å². The molecule has 0 heterocycles. The first-order valence-electron chi connectivity index (χ1n) is 8.22. The number of unbranched alkanes of at least 4 members (excludes halogenated alkanes) is 2. The number of hydrogen-bond acceptors (Lipinski definition) is 3. The Morgan fingerprint density at radius 2 is 1.83 bits per heavy atom. The first kappa shape index (κ1) is 18.9. The Morgan fingerprint density at radius 3 is 2.43 bits per heavy atom. The number of hydrogen-bond donors (Lipinski definition) is 0. The van der Waals surface area contributed by atoms with Crippen LogP contribution >= 0.6 is 0 Å². The molecule has 0 saturated carbocycles. The summed E-state index contributed by atoms with van der Waals surface area (Å²) >= 11 is 0. The first-order chi connectivity index (χ1) is 11.1. The Kier molecular flexibility index (Phi) is 8.66. The molecule has 0 fully saturated rings. The number of ether oxygens (including phenoxy) is 1. The standard InChI is InChI=1S/C20H26O3/c1-4-6-8-13-19(21)15-18(17-11-9-7-10-12-17)14-16(3)20(22)23-5-2/h7,9-12,15H,3-6,8,13-14H2,1-2H3/b18-15+. The summed E-state index contributed by atoms with van der Waals surface area (Å²) in [6, 6.07) is 9.62. The van der Waals surface area contributed by atoms with E-state index in [4.69, 9.17) is 4.74 Å². The van der Waals surface area contributed by atoms with Crippen molar-refractivity contribution in [1.29, 1.82) is 0 Å². The summed E-state index contributed by atoms with van der Waals surface area (Å²) in [6.07, 6.45) is 5.54. The third-order valence-corrected chi connectivity index (χ3v) is 3.47. The van der Waals surface area contributed by atoms with Gasteiger partial charge in [-0.1, -0.05) is 56.7 Å². The smallest absolute Gasteiger partial charge is 0.333 e. The first-order valence-corrected chi connectivity index (χ1v) is 8.22. The lowest BCUT2D eigenvalue weighted by Crippen LogP contribution is -2.08. The fourth-order valence-electron chi connectivity index (χ4n) is 2.24. The molecule has 0 N–H and O–H groups in total. The SMILES string of the molecule is C=C(C/C(=C\C(=O)CCCCC)c1ccccc1)C(=O)OCC. The highest BCUT2D eigenvalue weighted by Crippen LogP contribution is 2.23. The minimum Gasteiger partial charge on any atom is -0.463 e. The van der Waals surface area contributed by atoms with E-state index in [-0.39, 0.29) is 5.78 Å². The Bertz CT molecular complexity index is 556. The minimum absolute atomic E-state index is 0.0916. The van der Waals surface area contributed by atoms with Crippen LogP contribution in [0.3, 0.4) is 0 Å². The molecule has 0 saturated heterocycles. The van der Waals surface area contributed by atoms with Crippen molar-refractivity contribution in [2.24, 2.45) is 0 Å². The van der Waals surface area contributed by atoms with E-state index in [1.54, 1.807) is 13.0 Å². The van der Waals surface area contributed by atoms with Crippen molar-refractivity contribution in [2.45, 2.75) is 46.0 Å². The largest absolute Gasteiger partial charge is 0.463 e. The summed E-state index contributed by atoms with van der Waals surface area (Å²) in [5, 5.41) is 0. The summed E-state index contributed by atoms with van der Waals surface area (Å²) in [4.78, 5) is 23.9. The van der Waals surface area contributed by atoms with Gasteiger partial charge in [-0.25, -0.2) is 4.79 Å². The molecule has 0 spiro atoms. The van der Waals surface area contributed by atoms with E-state index in [1.165, 1.54) is 0 Å². The van der Waals surface area contributed by atoms with Crippen LogP contribution in [0.15, 0.2) is 48.6 Å². The number of benzene rings is 1. The maximum Gasteiger partial charge on any atom is 0.333 e. The molecule has 0 aromatic heterocycles. The Balaban J connectivity index is 2.88. The van der Waals surface area contributed by atoms with Gasteiger partial charge < -0.3 is 4.74 Å². The lowest BCUT2D eigenvalue weighted by molar-refractivity contribution is -0.138. The zero-order valence-electron chi connectivity index (χ0n) is 14.1. The van der Waals surface area contributed by atoms with Gasteiger partial charge in [-0.05, 0) is 30.6 Å². The summed E-state index contributed by atoms with van der Waals surface area (Å²) in [5.41, 5.74) is 2.11. The van der Waals surface area contributed by atoms with E-state index in [0.717, 1.165) is 30.4 Å². The predicted molar refractivity (Wildman–Crippen MR) is 94.0 cm³/mol. The van der Waals surface area contributed by atoms with Crippen molar-refractivity contribution in [3.8, 4) is 0 Å². The molecular weight excluding hydrogens is 288 g/mol. The molecule has 0 aliphatic heterocycles. The number of allylic oxidation sites excluding steroid dienone is 2. The van der Waals surface area contributed by atoms with Crippen LogP contribution < -0.4 is 0 Å². The molecule has 1 aromatic rings. The molecule has 3 nitrogen and oxygen atoms in total. The summed E-state index contributed by atoms with van der Waals surface area (Å²) in [7, 11) is 0. The van der Waals surface area contributed by atoms with E-state index in [9.17, 15) is 9.59 Å². The van der Waals surface area contributed by atoms with Crippen LogP contribution in [0, 0.1) is 0 Å². The molecule has 23 heavy (non-hydrogen) atoms. The molecule has 1 rings (SSSR count). The molecule has 0 aliphatic rings. The maximum atomic E-state index is 12.2. The number of carbonyl (C=O) groups excluding carboxylic acids is 2. The van der Waals surface area contributed by atoms with Crippen molar-refractivity contribution in [3.63, 3.8) is 0 Å². The van der Waals surface area contributed by atoms with E-state index in [0.29, 0.717) is 25.0 Å². The lowest BCUT2D eigenvalue weighted by atomic mass is 9.96. The summed E-state index contributed by atoms with van der Waals surface area (Å²) in [6.45, 7) is 7.98. The van der Waals surface area contributed by atoms with E-state index in [1.807, 2.05) is 30.3 Å². The van der Waals surface area contributed by atoms with E-state index in [2.05, 4.69) is 13.5 Å². The van der Waals surface area contributed by atoms with Gasteiger partial charge in [0.25, 0.3) is 0 Å². The summed E-state index contributed by atoms with van der Waals surface area (Å²) in [5.74, 6) is -0.318.